The molecule has 1 aliphatic heterocycles. The van der Waals surface area contributed by atoms with Crippen LogP contribution in [0.4, 0.5) is 0 Å². The fraction of sp³-hybridized carbons (Fsp3) is 0.955. The molecular weight excluding hydrogens is 967 g/mol. The van der Waals surface area contributed by atoms with Crippen molar-refractivity contribution < 1.29 is 47.5 Å². The Morgan fingerprint density at radius 3 is 0.896 bits per heavy atom. The molecule has 0 radical (unpaired) electrons. The Labute approximate surface area is 475 Å². The first-order chi connectivity index (χ1) is 37.8. The standard InChI is InChI=1S/C66H127NO10/c1-6-10-14-18-24-34-42-54-73-64(74-55-43-35-25-19-15-11-7-2)50-48-62(68)71-52-40-32-28-22-30-38-46-61(77-66(70)60-58-67(5)59-60)47-39-31-23-29-33-41-53-72-63(69)49-51-65(75-56-44-36-26-20-16-12-8-3)76-57-45-37-27-21-17-13-9-4/h60-61,64-65H,6-59H2,1-5H3. The van der Waals surface area contributed by atoms with Crippen molar-refractivity contribution in [1.29, 1.82) is 0 Å². The second-order valence-corrected chi connectivity index (χ2v) is 23.1. The summed E-state index contributed by atoms with van der Waals surface area (Å²) >= 11 is 0. The van der Waals surface area contributed by atoms with E-state index in [4.69, 9.17) is 33.2 Å². The number of rotatable bonds is 62. The molecular formula is C66H127NO10. The van der Waals surface area contributed by atoms with Gasteiger partial charge < -0.3 is 38.1 Å². The average molecular weight is 1090 g/mol. The molecule has 11 nitrogen and oxygen atoms in total. The molecule has 0 aliphatic carbocycles. The lowest BCUT2D eigenvalue weighted by Crippen LogP contribution is -2.49. The highest BCUT2D eigenvalue weighted by Gasteiger charge is 2.32. The van der Waals surface area contributed by atoms with Gasteiger partial charge in [0.1, 0.15) is 6.10 Å². The summed E-state index contributed by atoms with van der Waals surface area (Å²) in [5.41, 5.74) is 0. The van der Waals surface area contributed by atoms with Crippen molar-refractivity contribution in [2.75, 3.05) is 59.8 Å². The Bertz CT molecular complexity index is 1150. The Hall–Kier alpha value is -1.79. The maximum absolute atomic E-state index is 12.9. The summed E-state index contributed by atoms with van der Waals surface area (Å²) in [5, 5.41) is 0. The normalized spacial score (nSPS) is 13.1. The minimum atomic E-state index is -0.336. The smallest absolute Gasteiger partial charge is 0.311 e. The van der Waals surface area contributed by atoms with Crippen LogP contribution in [-0.4, -0.2) is 101 Å². The van der Waals surface area contributed by atoms with Crippen LogP contribution < -0.4 is 0 Å². The molecule has 456 valence electrons. The van der Waals surface area contributed by atoms with E-state index in [1.54, 1.807) is 0 Å². The number of carbonyl (C=O) groups is 3. The molecule has 1 fully saturated rings. The zero-order valence-electron chi connectivity index (χ0n) is 51.5. The molecule has 0 spiro atoms. The largest absolute Gasteiger partial charge is 0.466 e. The minimum absolute atomic E-state index is 0.00996. The van der Waals surface area contributed by atoms with Crippen molar-refractivity contribution in [2.45, 2.75) is 342 Å². The van der Waals surface area contributed by atoms with Crippen molar-refractivity contribution in [1.82, 2.24) is 4.90 Å². The molecule has 11 heteroatoms. The van der Waals surface area contributed by atoms with E-state index in [0.717, 1.165) is 129 Å². The summed E-state index contributed by atoms with van der Waals surface area (Å²) in [4.78, 5) is 40.5. The second-order valence-electron chi connectivity index (χ2n) is 23.1. The van der Waals surface area contributed by atoms with Crippen molar-refractivity contribution in [3.8, 4) is 0 Å². The van der Waals surface area contributed by atoms with Gasteiger partial charge in [-0.05, 0) is 71.3 Å². The van der Waals surface area contributed by atoms with E-state index in [9.17, 15) is 14.4 Å². The van der Waals surface area contributed by atoms with E-state index in [1.807, 2.05) is 7.05 Å². The predicted octanol–water partition coefficient (Wildman–Crippen LogP) is 18.3. The second kappa shape index (κ2) is 57.4. The Morgan fingerprint density at radius 1 is 0.351 bits per heavy atom. The lowest BCUT2D eigenvalue weighted by molar-refractivity contribution is -0.160. The van der Waals surface area contributed by atoms with Crippen LogP contribution in [0.1, 0.15) is 323 Å². The van der Waals surface area contributed by atoms with Crippen molar-refractivity contribution >= 4 is 17.9 Å². The van der Waals surface area contributed by atoms with Gasteiger partial charge in [0.2, 0.25) is 0 Å². The van der Waals surface area contributed by atoms with Crippen LogP contribution >= 0.6 is 0 Å². The van der Waals surface area contributed by atoms with Crippen LogP contribution in [0.3, 0.4) is 0 Å². The predicted molar refractivity (Wildman–Crippen MR) is 319 cm³/mol. The lowest BCUT2D eigenvalue weighted by atomic mass is 10.00. The van der Waals surface area contributed by atoms with E-state index < -0.39 is 0 Å². The molecule has 0 aromatic rings. The number of ether oxygens (including phenoxy) is 7. The van der Waals surface area contributed by atoms with Crippen LogP contribution in [0.2, 0.25) is 0 Å². The molecule has 0 atom stereocenters. The third kappa shape index (κ3) is 49.7. The summed E-state index contributed by atoms with van der Waals surface area (Å²) in [6, 6.07) is 0. The summed E-state index contributed by atoms with van der Waals surface area (Å²) in [5.74, 6) is -0.329. The number of hydrogen-bond donors (Lipinski definition) is 0. The Kier molecular flexibility index (Phi) is 54.6. The maximum Gasteiger partial charge on any atom is 0.311 e. The maximum atomic E-state index is 12.9. The molecule has 0 aromatic carbocycles. The molecule has 77 heavy (non-hydrogen) atoms. The molecule has 1 rings (SSSR count). The molecule has 0 amide bonds. The van der Waals surface area contributed by atoms with Gasteiger partial charge in [0.25, 0.3) is 0 Å². The molecule has 0 unspecified atom stereocenters. The van der Waals surface area contributed by atoms with E-state index in [0.29, 0.717) is 65.3 Å². The third-order valence-corrected chi connectivity index (χ3v) is 15.4. The first-order valence-electron chi connectivity index (χ1n) is 33.5. The zero-order chi connectivity index (χ0) is 55.8. The molecule has 1 heterocycles. The van der Waals surface area contributed by atoms with Gasteiger partial charge in [0.05, 0.1) is 32.0 Å². The van der Waals surface area contributed by atoms with Crippen LogP contribution in [0.25, 0.3) is 0 Å². The molecule has 0 bridgehead atoms. The number of likely N-dealkylation sites (tertiary alicyclic amines) is 1. The van der Waals surface area contributed by atoms with Gasteiger partial charge in [-0.3, -0.25) is 14.4 Å². The van der Waals surface area contributed by atoms with Crippen molar-refractivity contribution in [3.63, 3.8) is 0 Å². The number of carbonyl (C=O) groups excluding carboxylic acids is 3. The van der Waals surface area contributed by atoms with Crippen LogP contribution in [0.5, 0.6) is 0 Å². The molecule has 0 aromatic heterocycles. The highest BCUT2D eigenvalue weighted by Crippen LogP contribution is 2.22. The van der Waals surface area contributed by atoms with Gasteiger partial charge in [-0.2, -0.15) is 0 Å². The van der Waals surface area contributed by atoms with Crippen molar-refractivity contribution in [3.05, 3.63) is 0 Å². The number of esters is 3. The minimum Gasteiger partial charge on any atom is -0.466 e. The van der Waals surface area contributed by atoms with Gasteiger partial charge in [-0.25, -0.2) is 0 Å². The number of unbranched alkanes of at least 4 members (excludes halogenated alkanes) is 34. The quantitative estimate of drug-likeness (QED) is 0.0251. The topological polar surface area (TPSA) is 119 Å². The van der Waals surface area contributed by atoms with E-state index in [1.165, 1.54) is 154 Å². The monoisotopic (exact) mass is 1090 g/mol. The number of nitrogens with zero attached hydrogens (tertiary/aromatic N) is 1. The fourth-order valence-electron chi connectivity index (χ4n) is 10.2. The van der Waals surface area contributed by atoms with E-state index in [-0.39, 0.29) is 42.5 Å². The summed E-state index contributed by atoms with van der Waals surface area (Å²) in [6.45, 7) is 14.3. The summed E-state index contributed by atoms with van der Waals surface area (Å²) in [7, 11) is 2.05. The fourth-order valence-corrected chi connectivity index (χ4v) is 10.2. The first-order valence-corrected chi connectivity index (χ1v) is 33.5. The zero-order valence-corrected chi connectivity index (χ0v) is 51.5. The van der Waals surface area contributed by atoms with Crippen LogP contribution in [-0.2, 0) is 47.5 Å². The number of hydrogen-bond acceptors (Lipinski definition) is 11. The van der Waals surface area contributed by atoms with Gasteiger partial charge in [-0.15, -0.1) is 0 Å². The SMILES string of the molecule is CCCCCCCCCOC(CCC(=O)OCCCCCCCCC(CCCCCCCCOC(=O)CCC(OCCCCCCCCC)OCCCCCCCCC)OC(=O)C1CN(C)C1)OCCCCCCCCC. The van der Waals surface area contributed by atoms with Gasteiger partial charge in [0.15, 0.2) is 12.6 Å². The molecule has 0 N–H and O–H groups in total. The Balaban J connectivity index is 2.30. The van der Waals surface area contributed by atoms with Gasteiger partial charge in [0, 0.05) is 52.4 Å². The van der Waals surface area contributed by atoms with Gasteiger partial charge in [-0.1, -0.05) is 233 Å². The highest BCUT2D eigenvalue weighted by atomic mass is 16.7. The van der Waals surface area contributed by atoms with Crippen LogP contribution in [0.15, 0.2) is 0 Å². The Morgan fingerprint density at radius 2 is 0.610 bits per heavy atom. The van der Waals surface area contributed by atoms with Crippen LogP contribution in [0, 0.1) is 5.92 Å². The highest BCUT2D eigenvalue weighted by molar-refractivity contribution is 5.74. The van der Waals surface area contributed by atoms with Crippen molar-refractivity contribution in [2.24, 2.45) is 5.92 Å². The first kappa shape index (κ1) is 73.2. The molecule has 0 saturated carbocycles. The third-order valence-electron chi connectivity index (χ3n) is 15.4. The van der Waals surface area contributed by atoms with E-state index >= 15 is 0 Å². The van der Waals surface area contributed by atoms with E-state index in [2.05, 4.69) is 32.6 Å². The van der Waals surface area contributed by atoms with Gasteiger partial charge >= 0.3 is 17.9 Å². The summed E-state index contributed by atoms with van der Waals surface area (Å²) < 4.78 is 42.0. The molecule has 1 aliphatic rings. The lowest BCUT2D eigenvalue weighted by Gasteiger charge is -2.35. The average Bonchev–Trinajstić information content (AvgIpc) is 3.42. The summed E-state index contributed by atoms with van der Waals surface area (Å²) in [6.07, 6.45) is 50.4. The molecule has 1 saturated heterocycles.